The van der Waals surface area contributed by atoms with Gasteiger partial charge in [0.05, 0.1) is 5.92 Å². The van der Waals surface area contributed by atoms with Crippen LogP contribution >= 0.6 is 0 Å². The van der Waals surface area contributed by atoms with Crippen molar-refractivity contribution in [1.82, 2.24) is 5.32 Å². The lowest BCUT2D eigenvalue weighted by Gasteiger charge is -2.37. The van der Waals surface area contributed by atoms with E-state index in [2.05, 4.69) is 12.2 Å². The number of ether oxygens (including phenoxy) is 2. The molecule has 1 saturated heterocycles. The molecule has 3 unspecified atom stereocenters. The van der Waals surface area contributed by atoms with Crippen LogP contribution in [0.1, 0.15) is 72.1 Å². The van der Waals surface area contributed by atoms with E-state index in [4.69, 9.17) is 9.47 Å². The Kier molecular flexibility index (Phi) is 10.7. The van der Waals surface area contributed by atoms with E-state index in [9.17, 15) is 14.4 Å². The van der Waals surface area contributed by atoms with Crippen molar-refractivity contribution in [3.05, 3.63) is 12.2 Å². The molecule has 26 heavy (non-hydrogen) atoms. The van der Waals surface area contributed by atoms with Crippen LogP contribution in [0.4, 0.5) is 0 Å². The SMILES string of the molecule is C/C=C/CCC(CC1OC(=O)C1CCCCCC)OC(=O)[C@H](C)NC=O. The Labute approximate surface area is 156 Å². The van der Waals surface area contributed by atoms with Gasteiger partial charge in [-0.25, -0.2) is 4.79 Å². The van der Waals surface area contributed by atoms with Gasteiger partial charge in [0.2, 0.25) is 6.41 Å². The molecule has 1 N–H and O–H groups in total. The van der Waals surface area contributed by atoms with Gasteiger partial charge >= 0.3 is 11.9 Å². The number of rotatable bonds is 14. The van der Waals surface area contributed by atoms with Gasteiger partial charge in [-0.3, -0.25) is 9.59 Å². The summed E-state index contributed by atoms with van der Waals surface area (Å²) in [4.78, 5) is 34.3. The van der Waals surface area contributed by atoms with Crippen molar-refractivity contribution in [2.45, 2.75) is 90.4 Å². The highest BCUT2D eigenvalue weighted by molar-refractivity contribution is 5.79. The lowest BCUT2D eigenvalue weighted by atomic mass is 9.86. The third-order valence-corrected chi connectivity index (χ3v) is 4.73. The van der Waals surface area contributed by atoms with Gasteiger partial charge < -0.3 is 14.8 Å². The predicted molar refractivity (Wildman–Crippen MR) is 99.3 cm³/mol. The van der Waals surface area contributed by atoms with Gasteiger partial charge in [0.1, 0.15) is 18.2 Å². The standard InChI is InChI=1S/C20H33NO5/c1-4-6-8-10-12-17-18(26-20(17)24)13-16(11-9-7-5-2)25-19(23)15(3)21-14-22/h5,7,14-18H,4,6,8-13H2,1-3H3,(H,21,22)/b7-5+/t15-,16?,17?,18?/m0/s1. The number of allylic oxidation sites excluding steroid dienone is 2. The highest BCUT2D eigenvalue weighted by Gasteiger charge is 2.43. The minimum absolute atomic E-state index is 0.0831. The summed E-state index contributed by atoms with van der Waals surface area (Å²) in [7, 11) is 0. The van der Waals surface area contributed by atoms with Gasteiger partial charge in [-0.05, 0) is 33.1 Å². The molecule has 1 fully saturated rings. The minimum atomic E-state index is -0.689. The van der Waals surface area contributed by atoms with Crippen LogP contribution in [0.3, 0.4) is 0 Å². The molecule has 0 aromatic rings. The van der Waals surface area contributed by atoms with Gasteiger partial charge in [0, 0.05) is 6.42 Å². The maximum absolute atomic E-state index is 12.1. The van der Waals surface area contributed by atoms with Crippen LogP contribution < -0.4 is 5.32 Å². The predicted octanol–water partition coefficient (Wildman–Crippen LogP) is 3.29. The van der Waals surface area contributed by atoms with Crippen LogP contribution in [0.5, 0.6) is 0 Å². The van der Waals surface area contributed by atoms with Crippen molar-refractivity contribution >= 4 is 18.3 Å². The van der Waals surface area contributed by atoms with Crippen LogP contribution in [0, 0.1) is 5.92 Å². The first-order valence-electron chi connectivity index (χ1n) is 9.75. The highest BCUT2D eigenvalue weighted by atomic mass is 16.6. The number of hydrogen-bond donors (Lipinski definition) is 1. The largest absolute Gasteiger partial charge is 0.461 e. The number of hydrogen-bond acceptors (Lipinski definition) is 5. The Morgan fingerprint density at radius 2 is 2.12 bits per heavy atom. The fourth-order valence-electron chi connectivity index (χ4n) is 3.07. The summed E-state index contributed by atoms with van der Waals surface area (Å²) in [6, 6.07) is -0.689. The summed E-state index contributed by atoms with van der Waals surface area (Å²) >= 11 is 0. The Hall–Kier alpha value is -1.85. The summed E-state index contributed by atoms with van der Waals surface area (Å²) < 4.78 is 10.9. The molecule has 6 nitrogen and oxygen atoms in total. The van der Waals surface area contributed by atoms with Crippen LogP contribution in [-0.4, -0.2) is 36.6 Å². The Balaban J connectivity index is 2.55. The van der Waals surface area contributed by atoms with Gasteiger partial charge in [-0.15, -0.1) is 0 Å². The van der Waals surface area contributed by atoms with E-state index in [1.54, 1.807) is 6.92 Å². The lowest BCUT2D eigenvalue weighted by Crippen LogP contribution is -2.47. The highest BCUT2D eigenvalue weighted by Crippen LogP contribution is 2.32. The molecule has 6 heteroatoms. The molecule has 0 spiro atoms. The first-order chi connectivity index (χ1) is 12.5. The first-order valence-corrected chi connectivity index (χ1v) is 9.75. The lowest BCUT2D eigenvalue weighted by molar-refractivity contribution is -0.190. The smallest absolute Gasteiger partial charge is 0.328 e. The van der Waals surface area contributed by atoms with Crippen LogP contribution in [0.15, 0.2) is 12.2 Å². The van der Waals surface area contributed by atoms with E-state index in [0.717, 1.165) is 32.1 Å². The monoisotopic (exact) mass is 367 g/mol. The third-order valence-electron chi connectivity index (χ3n) is 4.73. The van der Waals surface area contributed by atoms with Crippen LogP contribution in [0.25, 0.3) is 0 Å². The molecule has 1 aliphatic heterocycles. The zero-order chi connectivity index (χ0) is 19.4. The summed E-state index contributed by atoms with van der Waals surface area (Å²) in [5.74, 6) is -0.686. The second-order valence-electron chi connectivity index (χ2n) is 6.88. The number of esters is 2. The number of nitrogens with one attached hydrogen (secondary N) is 1. The van der Waals surface area contributed by atoms with Crippen molar-refractivity contribution < 1.29 is 23.9 Å². The summed E-state index contributed by atoms with van der Waals surface area (Å²) in [6.45, 7) is 5.68. The number of unbranched alkanes of at least 4 members (excludes halogenated alkanes) is 3. The molecular formula is C20H33NO5. The normalized spacial score (nSPS) is 21.6. The zero-order valence-corrected chi connectivity index (χ0v) is 16.2. The minimum Gasteiger partial charge on any atom is -0.461 e. The number of cyclic esters (lactones) is 1. The molecule has 1 rings (SSSR count). The van der Waals surface area contributed by atoms with E-state index in [1.165, 1.54) is 6.42 Å². The molecule has 0 aromatic heterocycles. The van der Waals surface area contributed by atoms with Crippen molar-refractivity contribution in [2.24, 2.45) is 5.92 Å². The molecule has 0 radical (unpaired) electrons. The molecule has 1 aliphatic rings. The fraction of sp³-hybridized carbons (Fsp3) is 0.750. The van der Waals surface area contributed by atoms with Gasteiger partial charge in [0.15, 0.2) is 0 Å². The van der Waals surface area contributed by atoms with Gasteiger partial charge in [0.25, 0.3) is 0 Å². The topological polar surface area (TPSA) is 81.7 Å². The zero-order valence-electron chi connectivity index (χ0n) is 16.2. The second-order valence-corrected chi connectivity index (χ2v) is 6.88. The van der Waals surface area contributed by atoms with Crippen molar-refractivity contribution in [3.8, 4) is 0 Å². The quantitative estimate of drug-likeness (QED) is 0.220. The maximum Gasteiger partial charge on any atom is 0.328 e. The number of carbonyl (C=O) groups excluding carboxylic acids is 3. The summed E-state index contributed by atoms with van der Waals surface area (Å²) in [5, 5.41) is 2.40. The molecule has 0 aromatic carbocycles. The van der Waals surface area contributed by atoms with Crippen molar-refractivity contribution in [2.75, 3.05) is 0 Å². The van der Waals surface area contributed by atoms with Crippen molar-refractivity contribution in [3.63, 3.8) is 0 Å². The van der Waals surface area contributed by atoms with E-state index in [0.29, 0.717) is 19.3 Å². The van der Waals surface area contributed by atoms with Gasteiger partial charge in [-0.1, -0.05) is 44.8 Å². The second kappa shape index (κ2) is 12.5. The Morgan fingerprint density at radius 3 is 2.73 bits per heavy atom. The third kappa shape index (κ3) is 7.58. The van der Waals surface area contributed by atoms with E-state index < -0.39 is 12.0 Å². The molecule has 1 heterocycles. The molecule has 148 valence electrons. The van der Waals surface area contributed by atoms with E-state index in [1.807, 2.05) is 19.1 Å². The van der Waals surface area contributed by atoms with Crippen molar-refractivity contribution in [1.29, 1.82) is 0 Å². The Bertz CT molecular complexity index is 477. The number of amides is 1. The molecule has 0 saturated carbocycles. The summed E-state index contributed by atoms with van der Waals surface area (Å²) in [5.41, 5.74) is 0. The average molecular weight is 367 g/mol. The van der Waals surface area contributed by atoms with Gasteiger partial charge in [-0.2, -0.15) is 0 Å². The number of carbonyl (C=O) groups is 3. The first kappa shape index (κ1) is 22.2. The van der Waals surface area contributed by atoms with Crippen LogP contribution in [-0.2, 0) is 23.9 Å². The van der Waals surface area contributed by atoms with E-state index in [-0.39, 0.29) is 24.1 Å². The molecule has 4 atom stereocenters. The molecule has 0 aliphatic carbocycles. The molecular weight excluding hydrogens is 334 g/mol. The molecule has 0 bridgehead atoms. The van der Waals surface area contributed by atoms with E-state index >= 15 is 0 Å². The summed E-state index contributed by atoms with van der Waals surface area (Å²) in [6.07, 6.45) is 11.2. The van der Waals surface area contributed by atoms with Crippen LogP contribution in [0.2, 0.25) is 0 Å². The maximum atomic E-state index is 12.1. The average Bonchev–Trinajstić information content (AvgIpc) is 2.61. The fourth-order valence-corrected chi connectivity index (χ4v) is 3.07. The Morgan fingerprint density at radius 1 is 1.35 bits per heavy atom. The molecule has 1 amide bonds.